The van der Waals surface area contributed by atoms with Crippen LogP contribution in [0.15, 0.2) is 30.9 Å². The van der Waals surface area contributed by atoms with Gasteiger partial charge in [-0.15, -0.1) is 0 Å². The van der Waals surface area contributed by atoms with Gasteiger partial charge in [-0.1, -0.05) is 12.6 Å². The number of ether oxygens (including phenoxy) is 1. The number of phenolic OH excluding ortho intramolecular Hbond substituents is 1. The Morgan fingerprint density at radius 3 is 2.68 bits per heavy atom. The number of anilines is 1. The number of aromatic hydroxyl groups is 1. The van der Waals surface area contributed by atoms with E-state index in [1.54, 1.807) is 9.80 Å². The monoisotopic (exact) mass is 512 g/mol. The lowest BCUT2D eigenvalue weighted by molar-refractivity contribution is -0.130. The van der Waals surface area contributed by atoms with E-state index in [4.69, 9.17) is 4.74 Å². The predicted octanol–water partition coefficient (Wildman–Crippen LogP) is 3.73. The molecule has 3 aliphatic rings. The SMILES string of the molecule is C=CC(=O)N1CC(C)N2C(=O)c3c(N4CCCC4(C)C)nc(-c4c(O)cccc4F)c(F)c3OC[C@H]2C1. The molecule has 1 N–H and O–H groups in total. The number of carbonyl (C=O) groups excluding carboxylic acids is 2. The van der Waals surface area contributed by atoms with Crippen LogP contribution in [0.5, 0.6) is 11.5 Å². The van der Waals surface area contributed by atoms with Gasteiger partial charge in [-0.3, -0.25) is 9.59 Å². The standard InChI is InChI=1S/C27H30F2N4O4/c1-5-19(35)31-12-15(2)33-16(13-31)14-37-24-21(26(33)36)25(32-11-7-10-27(32,3)4)30-23(22(24)29)20-17(28)8-6-9-18(20)34/h5-6,8-9,15-16,34H,1,7,10-14H2,2-4H3/t15?,16-/m1/s1. The number of benzene rings is 1. The molecule has 2 fully saturated rings. The summed E-state index contributed by atoms with van der Waals surface area (Å²) in [6.45, 7) is 10.4. The second-order valence-corrected chi connectivity index (χ2v) is 10.5. The first kappa shape index (κ1) is 25.0. The number of halogens is 2. The Bertz CT molecular complexity index is 1280. The fourth-order valence-electron chi connectivity index (χ4n) is 5.77. The highest BCUT2D eigenvalue weighted by Gasteiger charge is 2.45. The van der Waals surface area contributed by atoms with E-state index >= 15 is 4.39 Å². The molecule has 2 amide bonds. The Labute approximate surface area is 214 Å². The quantitative estimate of drug-likeness (QED) is 0.631. The van der Waals surface area contributed by atoms with Crippen molar-refractivity contribution in [3.8, 4) is 22.8 Å². The molecule has 37 heavy (non-hydrogen) atoms. The number of phenols is 1. The highest BCUT2D eigenvalue weighted by molar-refractivity contribution is 6.03. The first-order chi connectivity index (χ1) is 17.5. The maximum Gasteiger partial charge on any atom is 0.262 e. The Morgan fingerprint density at radius 2 is 2.03 bits per heavy atom. The number of nitrogens with zero attached hydrogens (tertiary/aromatic N) is 4. The smallest absolute Gasteiger partial charge is 0.262 e. The van der Waals surface area contributed by atoms with E-state index in [1.165, 1.54) is 18.2 Å². The van der Waals surface area contributed by atoms with Gasteiger partial charge in [0.05, 0.1) is 11.6 Å². The van der Waals surface area contributed by atoms with Crippen LogP contribution in [0.4, 0.5) is 14.6 Å². The summed E-state index contributed by atoms with van der Waals surface area (Å²) in [4.78, 5) is 36.1. The van der Waals surface area contributed by atoms with Gasteiger partial charge in [-0.2, -0.15) is 0 Å². The lowest BCUT2D eigenvalue weighted by Crippen LogP contribution is -2.61. The van der Waals surface area contributed by atoms with Gasteiger partial charge in [-0.05, 0) is 51.8 Å². The van der Waals surface area contributed by atoms with Gasteiger partial charge in [0, 0.05) is 31.2 Å². The summed E-state index contributed by atoms with van der Waals surface area (Å²) in [6, 6.07) is 2.78. The number of hydrogen-bond donors (Lipinski definition) is 1. The molecule has 5 rings (SSSR count). The van der Waals surface area contributed by atoms with E-state index in [1.807, 2.05) is 25.7 Å². The number of hydrogen-bond acceptors (Lipinski definition) is 6. The van der Waals surface area contributed by atoms with Crippen LogP contribution in [0.3, 0.4) is 0 Å². The van der Waals surface area contributed by atoms with Gasteiger partial charge in [0.1, 0.15) is 35.2 Å². The zero-order chi connectivity index (χ0) is 26.6. The van der Waals surface area contributed by atoms with E-state index in [-0.39, 0.29) is 42.2 Å². The Kier molecular flexibility index (Phi) is 6.08. The average molecular weight is 513 g/mol. The largest absolute Gasteiger partial charge is 0.507 e. The second-order valence-electron chi connectivity index (χ2n) is 10.5. The molecular formula is C27H30F2N4O4. The summed E-state index contributed by atoms with van der Waals surface area (Å²) < 4.78 is 37.0. The molecule has 8 nitrogen and oxygen atoms in total. The summed E-state index contributed by atoms with van der Waals surface area (Å²) in [5.74, 6) is -3.17. The zero-order valence-corrected chi connectivity index (χ0v) is 21.1. The molecule has 0 spiro atoms. The van der Waals surface area contributed by atoms with Gasteiger partial charge < -0.3 is 24.5 Å². The number of amides is 2. The molecule has 1 aromatic carbocycles. The van der Waals surface area contributed by atoms with Gasteiger partial charge in [0.15, 0.2) is 11.6 Å². The van der Waals surface area contributed by atoms with Crippen LogP contribution in [0.1, 0.15) is 44.0 Å². The Hall–Kier alpha value is -3.69. The van der Waals surface area contributed by atoms with Crippen molar-refractivity contribution in [3.05, 3.63) is 48.1 Å². The van der Waals surface area contributed by atoms with Crippen molar-refractivity contribution in [2.75, 3.05) is 31.1 Å². The fraction of sp³-hybridized carbons (Fsp3) is 0.444. The zero-order valence-electron chi connectivity index (χ0n) is 21.1. The topological polar surface area (TPSA) is 86.2 Å². The van der Waals surface area contributed by atoms with Crippen LogP contribution < -0.4 is 9.64 Å². The average Bonchev–Trinajstić information content (AvgIpc) is 3.12. The lowest BCUT2D eigenvalue weighted by atomic mass is 10.00. The van der Waals surface area contributed by atoms with Crippen LogP contribution in [0.25, 0.3) is 11.3 Å². The molecule has 0 aliphatic carbocycles. The van der Waals surface area contributed by atoms with Crippen molar-refractivity contribution in [3.63, 3.8) is 0 Å². The molecule has 2 saturated heterocycles. The Morgan fingerprint density at radius 1 is 1.27 bits per heavy atom. The molecule has 2 aromatic rings. The first-order valence-corrected chi connectivity index (χ1v) is 12.4. The van der Waals surface area contributed by atoms with E-state index in [0.29, 0.717) is 13.1 Å². The normalized spacial score (nSPS) is 22.7. The molecule has 2 atom stereocenters. The molecule has 3 aliphatic heterocycles. The summed E-state index contributed by atoms with van der Waals surface area (Å²) in [7, 11) is 0. The molecule has 0 saturated carbocycles. The third-order valence-corrected chi connectivity index (χ3v) is 7.60. The van der Waals surface area contributed by atoms with Crippen molar-refractivity contribution < 1.29 is 28.2 Å². The van der Waals surface area contributed by atoms with Crippen molar-refractivity contribution >= 4 is 17.6 Å². The summed E-state index contributed by atoms with van der Waals surface area (Å²) in [5, 5.41) is 10.4. The third kappa shape index (κ3) is 3.98. The van der Waals surface area contributed by atoms with E-state index in [0.717, 1.165) is 18.9 Å². The van der Waals surface area contributed by atoms with Crippen LogP contribution in [0, 0.1) is 11.6 Å². The van der Waals surface area contributed by atoms with E-state index < -0.39 is 46.1 Å². The van der Waals surface area contributed by atoms with E-state index in [2.05, 4.69) is 11.6 Å². The van der Waals surface area contributed by atoms with Gasteiger partial charge in [-0.25, -0.2) is 13.8 Å². The Balaban J connectivity index is 1.71. The molecule has 1 aromatic heterocycles. The van der Waals surface area contributed by atoms with E-state index in [9.17, 15) is 19.1 Å². The summed E-state index contributed by atoms with van der Waals surface area (Å²) in [6.07, 6.45) is 2.87. The predicted molar refractivity (Wildman–Crippen MR) is 134 cm³/mol. The number of rotatable bonds is 3. The minimum atomic E-state index is -1.02. The molecule has 10 heteroatoms. The van der Waals surface area contributed by atoms with Crippen LogP contribution in [0.2, 0.25) is 0 Å². The number of aromatic nitrogens is 1. The minimum absolute atomic E-state index is 0.0232. The van der Waals surface area contributed by atoms with Crippen molar-refractivity contribution in [1.29, 1.82) is 0 Å². The van der Waals surface area contributed by atoms with Crippen molar-refractivity contribution in [2.24, 2.45) is 0 Å². The lowest BCUT2D eigenvalue weighted by Gasteiger charge is -2.44. The second kappa shape index (κ2) is 9.00. The highest BCUT2D eigenvalue weighted by atomic mass is 19.1. The van der Waals surface area contributed by atoms with Crippen LogP contribution in [-0.2, 0) is 4.79 Å². The number of carbonyl (C=O) groups is 2. The van der Waals surface area contributed by atoms with Crippen molar-refractivity contribution in [2.45, 2.75) is 51.2 Å². The third-order valence-electron chi connectivity index (χ3n) is 7.60. The molecule has 4 heterocycles. The highest BCUT2D eigenvalue weighted by Crippen LogP contribution is 2.45. The van der Waals surface area contributed by atoms with Gasteiger partial charge >= 0.3 is 0 Å². The molecule has 0 radical (unpaired) electrons. The maximum absolute atomic E-state index is 16.1. The van der Waals surface area contributed by atoms with Crippen LogP contribution in [-0.4, -0.2) is 75.6 Å². The first-order valence-electron chi connectivity index (χ1n) is 12.4. The minimum Gasteiger partial charge on any atom is -0.507 e. The summed E-state index contributed by atoms with van der Waals surface area (Å²) >= 11 is 0. The fourth-order valence-corrected chi connectivity index (χ4v) is 5.77. The summed E-state index contributed by atoms with van der Waals surface area (Å²) in [5.41, 5.74) is -1.24. The molecule has 0 bridgehead atoms. The molecular weight excluding hydrogens is 482 g/mol. The number of piperazine rings is 1. The number of pyridine rings is 1. The van der Waals surface area contributed by atoms with Gasteiger partial charge in [0.25, 0.3) is 5.91 Å². The van der Waals surface area contributed by atoms with Crippen LogP contribution >= 0.6 is 0 Å². The molecule has 196 valence electrons. The molecule has 1 unspecified atom stereocenters. The number of fused-ring (bicyclic) bond motifs is 2. The van der Waals surface area contributed by atoms with Crippen molar-refractivity contribution in [1.82, 2.24) is 14.8 Å². The maximum atomic E-state index is 16.1. The van der Waals surface area contributed by atoms with Gasteiger partial charge in [0.2, 0.25) is 5.91 Å².